The molecule has 132 valence electrons. The third-order valence-electron chi connectivity index (χ3n) is 4.37. The Labute approximate surface area is 151 Å². The SMILES string of the molecule is CCc1noc(CNc2cc(-c3ccccc3)nc3c(C)c(C)nn23)n1. The van der Waals surface area contributed by atoms with Gasteiger partial charge in [-0.15, -0.1) is 0 Å². The first-order valence-electron chi connectivity index (χ1n) is 8.63. The van der Waals surface area contributed by atoms with E-state index in [4.69, 9.17) is 9.51 Å². The number of hydrogen-bond acceptors (Lipinski definition) is 6. The zero-order chi connectivity index (χ0) is 18.1. The minimum absolute atomic E-state index is 0.429. The van der Waals surface area contributed by atoms with E-state index in [9.17, 15) is 0 Å². The fraction of sp³-hybridized carbons (Fsp3) is 0.263. The third-order valence-corrected chi connectivity index (χ3v) is 4.37. The summed E-state index contributed by atoms with van der Waals surface area (Å²) in [6, 6.07) is 12.1. The smallest absolute Gasteiger partial charge is 0.245 e. The van der Waals surface area contributed by atoms with Gasteiger partial charge in [0.2, 0.25) is 5.89 Å². The predicted molar refractivity (Wildman–Crippen MR) is 98.9 cm³/mol. The second-order valence-corrected chi connectivity index (χ2v) is 6.15. The number of aryl methyl sites for hydroxylation is 3. The van der Waals surface area contributed by atoms with E-state index in [-0.39, 0.29) is 0 Å². The first-order chi connectivity index (χ1) is 12.7. The van der Waals surface area contributed by atoms with Gasteiger partial charge in [0.15, 0.2) is 11.5 Å². The van der Waals surface area contributed by atoms with Crippen molar-refractivity contribution in [1.29, 1.82) is 0 Å². The van der Waals surface area contributed by atoms with Crippen molar-refractivity contribution in [3.63, 3.8) is 0 Å². The number of rotatable bonds is 5. The molecule has 0 aliphatic heterocycles. The molecule has 3 aromatic heterocycles. The Morgan fingerprint density at radius 2 is 1.92 bits per heavy atom. The van der Waals surface area contributed by atoms with Crippen molar-refractivity contribution in [1.82, 2.24) is 24.7 Å². The molecule has 0 radical (unpaired) electrons. The number of fused-ring (bicyclic) bond motifs is 1. The number of anilines is 1. The molecule has 0 amide bonds. The zero-order valence-electron chi connectivity index (χ0n) is 15.0. The van der Waals surface area contributed by atoms with Crippen LogP contribution in [0.1, 0.15) is 29.9 Å². The van der Waals surface area contributed by atoms with Crippen LogP contribution in [0.15, 0.2) is 40.9 Å². The average Bonchev–Trinajstić information content (AvgIpc) is 3.25. The summed E-state index contributed by atoms with van der Waals surface area (Å²) in [5.41, 5.74) is 4.81. The number of hydrogen-bond donors (Lipinski definition) is 1. The van der Waals surface area contributed by atoms with Gasteiger partial charge in [-0.1, -0.05) is 42.4 Å². The molecular weight excluding hydrogens is 328 g/mol. The van der Waals surface area contributed by atoms with Crippen LogP contribution in [0.5, 0.6) is 0 Å². The van der Waals surface area contributed by atoms with Gasteiger partial charge < -0.3 is 9.84 Å². The van der Waals surface area contributed by atoms with E-state index in [1.807, 2.05) is 61.7 Å². The number of nitrogens with one attached hydrogen (secondary N) is 1. The number of aromatic nitrogens is 5. The standard InChI is InChI=1S/C19H20N6O/c1-4-16-22-18(26-24-16)11-20-17-10-15(14-8-6-5-7-9-14)21-19-12(2)13(3)23-25(17)19/h5-10,20H,4,11H2,1-3H3. The Balaban J connectivity index is 1.75. The molecule has 7 nitrogen and oxygen atoms in total. The molecule has 4 rings (SSSR count). The maximum atomic E-state index is 5.26. The van der Waals surface area contributed by atoms with Crippen LogP contribution in [-0.2, 0) is 13.0 Å². The predicted octanol–water partition coefficient (Wildman–Crippen LogP) is 3.57. The van der Waals surface area contributed by atoms with Crippen molar-refractivity contribution in [2.75, 3.05) is 5.32 Å². The molecule has 0 unspecified atom stereocenters. The summed E-state index contributed by atoms with van der Waals surface area (Å²) in [6.45, 7) is 6.45. The highest BCUT2D eigenvalue weighted by molar-refractivity contribution is 5.68. The van der Waals surface area contributed by atoms with E-state index in [0.717, 1.165) is 40.4 Å². The lowest BCUT2D eigenvalue weighted by Crippen LogP contribution is -2.07. The van der Waals surface area contributed by atoms with Crippen LogP contribution in [0.3, 0.4) is 0 Å². The minimum Gasteiger partial charge on any atom is -0.361 e. The van der Waals surface area contributed by atoms with E-state index in [0.29, 0.717) is 18.3 Å². The van der Waals surface area contributed by atoms with Gasteiger partial charge in [-0.05, 0) is 13.8 Å². The molecule has 0 aliphatic carbocycles. The van der Waals surface area contributed by atoms with Gasteiger partial charge in [-0.2, -0.15) is 14.6 Å². The number of benzene rings is 1. The molecule has 0 saturated carbocycles. The first kappa shape index (κ1) is 16.3. The van der Waals surface area contributed by atoms with Gasteiger partial charge in [-0.25, -0.2) is 4.98 Å². The Bertz CT molecular complexity index is 1050. The highest BCUT2D eigenvalue weighted by Gasteiger charge is 2.14. The van der Waals surface area contributed by atoms with Crippen molar-refractivity contribution < 1.29 is 4.52 Å². The lowest BCUT2D eigenvalue weighted by atomic mass is 10.1. The van der Waals surface area contributed by atoms with Gasteiger partial charge in [-0.3, -0.25) is 0 Å². The summed E-state index contributed by atoms with van der Waals surface area (Å²) < 4.78 is 7.09. The molecule has 0 spiro atoms. The summed E-state index contributed by atoms with van der Waals surface area (Å²) in [7, 11) is 0. The van der Waals surface area contributed by atoms with Crippen LogP contribution in [0.4, 0.5) is 5.82 Å². The van der Waals surface area contributed by atoms with Crippen molar-refractivity contribution in [3.8, 4) is 11.3 Å². The van der Waals surface area contributed by atoms with Crippen LogP contribution in [0.25, 0.3) is 16.9 Å². The Morgan fingerprint density at radius 3 is 2.65 bits per heavy atom. The molecule has 0 bridgehead atoms. The lowest BCUT2D eigenvalue weighted by molar-refractivity contribution is 0.378. The summed E-state index contributed by atoms with van der Waals surface area (Å²) in [4.78, 5) is 9.15. The van der Waals surface area contributed by atoms with Crippen molar-refractivity contribution in [3.05, 3.63) is 59.4 Å². The van der Waals surface area contributed by atoms with Crippen LogP contribution < -0.4 is 5.32 Å². The fourth-order valence-corrected chi connectivity index (χ4v) is 2.78. The van der Waals surface area contributed by atoms with Crippen molar-refractivity contribution in [2.45, 2.75) is 33.7 Å². The van der Waals surface area contributed by atoms with Crippen molar-refractivity contribution >= 4 is 11.5 Å². The van der Waals surface area contributed by atoms with Crippen molar-refractivity contribution in [2.24, 2.45) is 0 Å². The monoisotopic (exact) mass is 348 g/mol. The van der Waals surface area contributed by atoms with Gasteiger partial charge in [0.05, 0.1) is 17.9 Å². The van der Waals surface area contributed by atoms with E-state index in [1.165, 1.54) is 0 Å². The zero-order valence-corrected chi connectivity index (χ0v) is 15.0. The third kappa shape index (κ3) is 2.92. The van der Waals surface area contributed by atoms with Gasteiger partial charge in [0, 0.05) is 23.6 Å². The Morgan fingerprint density at radius 1 is 1.12 bits per heavy atom. The van der Waals surface area contributed by atoms with Gasteiger partial charge >= 0.3 is 0 Å². The summed E-state index contributed by atoms with van der Waals surface area (Å²) in [5, 5.41) is 11.9. The van der Waals surface area contributed by atoms with Crippen LogP contribution in [-0.4, -0.2) is 24.7 Å². The Kier molecular flexibility index (Phi) is 4.12. The first-order valence-corrected chi connectivity index (χ1v) is 8.63. The molecule has 0 atom stereocenters. The molecule has 0 saturated heterocycles. The quantitative estimate of drug-likeness (QED) is 0.594. The average molecular weight is 348 g/mol. The maximum absolute atomic E-state index is 5.26. The highest BCUT2D eigenvalue weighted by Crippen LogP contribution is 2.25. The normalized spacial score (nSPS) is 11.2. The highest BCUT2D eigenvalue weighted by atomic mass is 16.5. The van der Waals surface area contributed by atoms with Crippen LogP contribution >= 0.6 is 0 Å². The molecule has 7 heteroatoms. The second-order valence-electron chi connectivity index (χ2n) is 6.15. The minimum atomic E-state index is 0.429. The largest absolute Gasteiger partial charge is 0.361 e. The van der Waals surface area contributed by atoms with E-state index >= 15 is 0 Å². The molecule has 26 heavy (non-hydrogen) atoms. The molecule has 3 heterocycles. The molecule has 1 aromatic carbocycles. The maximum Gasteiger partial charge on any atom is 0.245 e. The van der Waals surface area contributed by atoms with Gasteiger partial charge in [0.1, 0.15) is 5.82 Å². The van der Waals surface area contributed by atoms with Gasteiger partial charge in [0.25, 0.3) is 0 Å². The second kappa shape index (κ2) is 6.59. The van der Waals surface area contributed by atoms with Crippen LogP contribution in [0, 0.1) is 13.8 Å². The van der Waals surface area contributed by atoms with E-state index in [1.54, 1.807) is 0 Å². The molecule has 4 aromatic rings. The van der Waals surface area contributed by atoms with E-state index in [2.05, 4.69) is 20.6 Å². The molecule has 1 N–H and O–H groups in total. The summed E-state index contributed by atoms with van der Waals surface area (Å²) in [5.74, 6) is 2.09. The van der Waals surface area contributed by atoms with Crippen LogP contribution in [0.2, 0.25) is 0 Å². The topological polar surface area (TPSA) is 81.1 Å². The summed E-state index contributed by atoms with van der Waals surface area (Å²) >= 11 is 0. The van der Waals surface area contributed by atoms with E-state index < -0.39 is 0 Å². The Hall–Kier alpha value is -3.22. The lowest BCUT2D eigenvalue weighted by Gasteiger charge is -2.09. The number of nitrogens with zero attached hydrogens (tertiary/aromatic N) is 5. The molecule has 0 fully saturated rings. The summed E-state index contributed by atoms with van der Waals surface area (Å²) in [6.07, 6.45) is 0.749. The molecule has 0 aliphatic rings. The fourth-order valence-electron chi connectivity index (χ4n) is 2.78. The molecular formula is C19H20N6O.